The molecule has 30 heavy (non-hydrogen) atoms. The van der Waals surface area contributed by atoms with E-state index < -0.39 is 0 Å². The van der Waals surface area contributed by atoms with Crippen LogP contribution in [0.15, 0.2) is 54.7 Å². The van der Waals surface area contributed by atoms with E-state index in [-0.39, 0.29) is 0 Å². The normalized spacial score (nSPS) is 18.1. The zero-order valence-corrected chi connectivity index (χ0v) is 18.2. The van der Waals surface area contributed by atoms with Crippen molar-refractivity contribution >= 4 is 28.2 Å². The number of hydrogen-bond donors (Lipinski definition) is 2. The molecule has 5 heteroatoms. The van der Waals surface area contributed by atoms with Gasteiger partial charge in [0.15, 0.2) is 0 Å². The average molecular weight is 417 g/mol. The predicted molar refractivity (Wildman–Crippen MR) is 126 cm³/mol. The van der Waals surface area contributed by atoms with E-state index in [1.54, 1.807) is 0 Å². The van der Waals surface area contributed by atoms with Gasteiger partial charge in [0, 0.05) is 53.7 Å². The molecule has 4 nitrogen and oxygen atoms in total. The molecule has 0 saturated carbocycles. The highest BCUT2D eigenvalue weighted by molar-refractivity contribution is 7.16. The maximum Gasteiger partial charge on any atom is 0.102 e. The van der Waals surface area contributed by atoms with Crippen LogP contribution in [0.5, 0.6) is 0 Å². The Morgan fingerprint density at radius 3 is 2.97 bits per heavy atom. The van der Waals surface area contributed by atoms with Gasteiger partial charge in [-0.2, -0.15) is 0 Å². The Balaban J connectivity index is 1.40. The predicted octanol–water partition coefficient (Wildman–Crippen LogP) is 3.07. The number of thiophene rings is 1. The fourth-order valence-corrected chi connectivity index (χ4v) is 5.42. The van der Waals surface area contributed by atoms with Crippen molar-refractivity contribution in [3.63, 3.8) is 0 Å². The lowest BCUT2D eigenvalue weighted by Crippen LogP contribution is -2.51. The van der Waals surface area contributed by atoms with E-state index in [9.17, 15) is 0 Å². The van der Waals surface area contributed by atoms with Crippen molar-refractivity contribution in [1.29, 1.82) is 0 Å². The third-order valence-electron chi connectivity index (χ3n) is 5.96. The van der Waals surface area contributed by atoms with Crippen molar-refractivity contribution in [3.05, 3.63) is 81.3 Å². The number of aryl methyl sites for hydroxylation is 2. The van der Waals surface area contributed by atoms with E-state index in [0.29, 0.717) is 6.04 Å². The molecule has 2 aromatic heterocycles. The van der Waals surface area contributed by atoms with Crippen LogP contribution in [0, 0.1) is 6.92 Å². The molecule has 0 amide bonds. The number of fused-ring (bicyclic) bond motifs is 2. The van der Waals surface area contributed by atoms with Crippen LogP contribution in [0.4, 0.5) is 5.00 Å². The maximum atomic E-state index is 4.81. The van der Waals surface area contributed by atoms with Crippen molar-refractivity contribution in [1.82, 2.24) is 15.2 Å². The van der Waals surface area contributed by atoms with Gasteiger partial charge < -0.3 is 15.5 Å². The monoisotopic (exact) mass is 416 g/mol. The van der Waals surface area contributed by atoms with Gasteiger partial charge in [-0.05, 0) is 49.9 Å². The standard InChI is InChI=1S/C25H28N4S/c1-18-15-22-24(23-20(10-6-12-27-23)16-28-25(22)30-18)29-14-13-26-21(17-29)11-5-9-19-7-3-2-4-8-19/h2-4,6-8,10,12,15-16,21,26,28H,5,9,11,13-14,17H2,1H3. The second-order valence-electron chi connectivity index (χ2n) is 8.15. The Morgan fingerprint density at radius 2 is 2.07 bits per heavy atom. The minimum Gasteiger partial charge on any atom is -0.366 e. The molecule has 1 fully saturated rings. The first-order chi connectivity index (χ1) is 14.8. The fraction of sp³-hybridized carbons (Fsp3) is 0.320. The fourth-order valence-electron chi connectivity index (χ4n) is 4.54. The molecular weight excluding hydrogens is 388 g/mol. The van der Waals surface area contributed by atoms with Crippen LogP contribution in [0.1, 0.15) is 28.8 Å². The first kappa shape index (κ1) is 19.3. The number of aromatic nitrogens is 1. The van der Waals surface area contributed by atoms with E-state index in [1.165, 1.54) is 39.5 Å². The molecule has 0 bridgehead atoms. The summed E-state index contributed by atoms with van der Waals surface area (Å²) in [4.78, 5) is 8.69. The highest BCUT2D eigenvalue weighted by atomic mass is 32.1. The number of rotatable bonds is 5. The summed E-state index contributed by atoms with van der Waals surface area (Å²) in [5.41, 5.74) is 4.00. The molecule has 1 atom stereocenters. The number of benzene rings is 1. The van der Waals surface area contributed by atoms with Crippen LogP contribution in [0.3, 0.4) is 0 Å². The maximum absolute atomic E-state index is 4.81. The Hall–Kier alpha value is -2.63. The average Bonchev–Trinajstić information content (AvgIpc) is 3.07. The summed E-state index contributed by atoms with van der Waals surface area (Å²) in [5.74, 6) is 0. The van der Waals surface area contributed by atoms with E-state index >= 15 is 0 Å². The highest BCUT2D eigenvalue weighted by Crippen LogP contribution is 2.34. The number of piperazine rings is 1. The van der Waals surface area contributed by atoms with Crippen LogP contribution < -0.4 is 21.2 Å². The second-order valence-corrected chi connectivity index (χ2v) is 9.41. The Bertz CT molecular complexity index is 1140. The SMILES string of the molecule is Cc1cc2c(s1)NC=c1cccnc1=C2N1CCNC(CCCc2ccccc2)C1. The topological polar surface area (TPSA) is 40.2 Å². The summed E-state index contributed by atoms with van der Waals surface area (Å²) in [6.45, 7) is 5.22. The molecule has 4 heterocycles. The van der Waals surface area contributed by atoms with Gasteiger partial charge in [0.2, 0.25) is 0 Å². The smallest absolute Gasteiger partial charge is 0.102 e. The summed E-state index contributed by atoms with van der Waals surface area (Å²) in [6.07, 6.45) is 7.55. The van der Waals surface area contributed by atoms with Crippen molar-refractivity contribution in [2.75, 3.05) is 25.0 Å². The van der Waals surface area contributed by atoms with Gasteiger partial charge >= 0.3 is 0 Å². The second kappa shape index (κ2) is 8.62. The molecule has 5 rings (SSSR count). The minimum atomic E-state index is 0.505. The molecule has 3 aromatic rings. The van der Waals surface area contributed by atoms with Gasteiger partial charge in [0.1, 0.15) is 5.00 Å². The lowest BCUT2D eigenvalue weighted by molar-refractivity contribution is 0.265. The molecule has 2 aliphatic heterocycles. The van der Waals surface area contributed by atoms with E-state index in [0.717, 1.165) is 36.6 Å². The quantitative estimate of drug-likeness (QED) is 0.671. The zero-order chi connectivity index (χ0) is 20.3. The number of pyridine rings is 1. The Labute approximate surface area is 182 Å². The number of anilines is 1. The highest BCUT2D eigenvalue weighted by Gasteiger charge is 2.26. The van der Waals surface area contributed by atoms with Crippen molar-refractivity contribution in [3.8, 4) is 0 Å². The summed E-state index contributed by atoms with van der Waals surface area (Å²) in [7, 11) is 0. The molecule has 0 radical (unpaired) electrons. The van der Waals surface area contributed by atoms with Crippen LogP contribution in [0.2, 0.25) is 0 Å². The van der Waals surface area contributed by atoms with Gasteiger partial charge in [-0.15, -0.1) is 11.3 Å². The Morgan fingerprint density at radius 1 is 1.17 bits per heavy atom. The first-order valence-corrected chi connectivity index (χ1v) is 11.6. The van der Waals surface area contributed by atoms with E-state index in [4.69, 9.17) is 4.98 Å². The summed E-state index contributed by atoms with van der Waals surface area (Å²) >= 11 is 1.82. The minimum absolute atomic E-state index is 0.505. The van der Waals surface area contributed by atoms with Crippen LogP contribution in [0.25, 0.3) is 11.9 Å². The van der Waals surface area contributed by atoms with Crippen LogP contribution in [-0.4, -0.2) is 35.6 Å². The van der Waals surface area contributed by atoms with Gasteiger partial charge in [-0.25, -0.2) is 0 Å². The third-order valence-corrected chi connectivity index (χ3v) is 6.95. The largest absolute Gasteiger partial charge is 0.366 e. The molecule has 1 saturated heterocycles. The molecule has 0 aliphatic carbocycles. The lowest BCUT2D eigenvalue weighted by atomic mass is 10.0. The van der Waals surface area contributed by atoms with Gasteiger partial charge in [0.25, 0.3) is 0 Å². The zero-order valence-electron chi connectivity index (χ0n) is 17.4. The van der Waals surface area contributed by atoms with Crippen molar-refractivity contribution in [2.24, 2.45) is 0 Å². The molecule has 154 valence electrons. The van der Waals surface area contributed by atoms with Gasteiger partial charge in [-0.3, -0.25) is 4.98 Å². The summed E-state index contributed by atoms with van der Waals surface area (Å²) < 4.78 is 0. The summed E-state index contributed by atoms with van der Waals surface area (Å²) in [5, 5.41) is 10.7. The molecule has 0 spiro atoms. The molecular formula is C25H28N4S. The molecule has 2 aliphatic rings. The lowest BCUT2D eigenvalue weighted by Gasteiger charge is -2.36. The third kappa shape index (κ3) is 4.00. The number of nitrogens with one attached hydrogen (secondary N) is 2. The molecule has 2 N–H and O–H groups in total. The summed E-state index contributed by atoms with van der Waals surface area (Å²) in [6, 6.07) is 17.8. The van der Waals surface area contributed by atoms with Crippen molar-refractivity contribution < 1.29 is 0 Å². The van der Waals surface area contributed by atoms with E-state index in [1.807, 2.05) is 23.6 Å². The van der Waals surface area contributed by atoms with E-state index in [2.05, 4.69) is 71.1 Å². The van der Waals surface area contributed by atoms with Gasteiger partial charge in [-0.1, -0.05) is 30.3 Å². The van der Waals surface area contributed by atoms with Crippen molar-refractivity contribution in [2.45, 2.75) is 32.2 Å². The number of nitrogens with zero attached hydrogens (tertiary/aromatic N) is 2. The van der Waals surface area contributed by atoms with Crippen LogP contribution in [-0.2, 0) is 6.42 Å². The molecule has 1 aromatic carbocycles. The molecule has 1 unspecified atom stereocenters. The first-order valence-electron chi connectivity index (χ1n) is 10.8. The Kier molecular flexibility index (Phi) is 5.56. The van der Waals surface area contributed by atoms with Crippen LogP contribution >= 0.6 is 11.3 Å². The van der Waals surface area contributed by atoms with Gasteiger partial charge in [0.05, 0.1) is 11.0 Å². The number of hydrogen-bond acceptors (Lipinski definition) is 5.